The largest absolute Gasteiger partial charge is 0.299 e. The molecule has 0 aliphatic heterocycles. The summed E-state index contributed by atoms with van der Waals surface area (Å²) in [5, 5.41) is 0. The Morgan fingerprint density at radius 2 is 1.81 bits per heavy atom. The molecule has 0 aromatic carbocycles. The Morgan fingerprint density at radius 1 is 1.12 bits per heavy atom. The van der Waals surface area contributed by atoms with Crippen LogP contribution in [0.3, 0.4) is 0 Å². The standard InChI is InChI=1S/C15H24O/c1-9-5-8-12(16)10-6-7-11-13(14(11,2)3)15(9,10)4/h9-11,13H,5-8H2,1-4H3/t9-,10+,11+,13+,15+/m1/s1. The molecule has 0 saturated heterocycles. The van der Waals surface area contributed by atoms with Gasteiger partial charge in [0.2, 0.25) is 0 Å². The molecule has 0 N–H and O–H groups in total. The van der Waals surface area contributed by atoms with E-state index in [-0.39, 0.29) is 0 Å². The number of ketones is 1. The van der Waals surface area contributed by atoms with E-state index in [1.165, 1.54) is 12.8 Å². The average molecular weight is 220 g/mol. The molecule has 0 amide bonds. The van der Waals surface area contributed by atoms with Crippen molar-refractivity contribution in [3.8, 4) is 0 Å². The van der Waals surface area contributed by atoms with Crippen molar-refractivity contribution in [1.82, 2.24) is 0 Å². The Kier molecular flexibility index (Phi) is 1.97. The van der Waals surface area contributed by atoms with Crippen LogP contribution >= 0.6 is 0 Å². The molecule has 3 aliphatic carbocycles. The van der Waals surface area contributed by atoms with E-state index < -0.39 is 0 Å². The minimum absolute atomic E-state index is 0.321. The molecule has 3 rings (SSSR count). The molecule has 16 heavy (non-hydrogen) atoms. The second kappa shape index (κ2) is 2.91. The van der Waals surface area contributed by atoms with Crippen molar-refractivity contribution in [2.75, 3.05) is 0 Å². The fraction of sp³-hybridized carbons (Fsp3) is 0.933. The number of Topliss-reactive ketones (excluding diaryl/α,β-unsaturated/α-hetero) is 1. The Morgan fingerprint density at radius 3 is 2.50 bits per heavy atom. The average Bonchev–Trinajstić information content (AvgIpc) is 2.78. The molecule has 5 atom stereocenters. The van der Waals surface area contributed by atoms with Gasteiger partial charge in [-0.15, -0.1) is 0 Å². The third-order valence-corrected chi connectivity index (χ3v) is 6.51. The lowest BCUT2D eigenvalue weighted by Crippen LogP contribution is -2.47. The number of rotatable bonds is 0. The second-order valence-electron chi connectivity index (χ2n) is 7.31. The first kappa shape index (κ1) is 10.8. The van der Waals surface area contributed by atoms with E-state index in [1.54, 1.807) is 0 Å². The maximum Gasteiger partial charge on any atom is 0.136 e. The molecular weight excluding hydrogens is 196 g/mol. The summed E-state index contributed by atoms with van der Waals surface area (Å²) >= 11 is 0. The van der Waals surface area contributed by atoms with Crippen molar-refractivity contribution in [3.63, 3.8) is 0 Å². The quantitative estimate of drug-likeness (QED) is 0.608. The summed E-state index contributed by atoms with van der Waals surface area (Å²) in [7, 11) is 0. The van der Waals surface area contributed by atoms with Gasteiger partial charge in [-0.1, -0.05) is 27.7 Å². The van der Waals surface area contributed by atoms with Crippen LogP contribution in [0.5, 0.6) is 0 Å². The zero-order valence-electron chi connectivity index (χ0n) is 11.0. The van der Waals surface area contributed by atoms with E-state index in [2.05, 4.69) is 27.7 Å². The molecule has 3 aliphatic rings. The number of fused-ring (bicyclic) bond motifs is 3. The predicted octanol–water partition coefficient (Wildman–Crippen LogP) is 3.67. The second-order valence-corrected chi connectivity index (χ2v) is 7.31. The lowest BCUT2D eigenvalue weighted by molar-refractivity contribution is -0.137. The van der Waals surface area contributed by atoms with E-state index in [0.717, 1.165) is 30.6 Å². The molecule has 0 aromatic heterocycles. The van der Waals surface area contributed by atoms with Gasteiger partial charge in [-0.2, -0.15) is 0 Å². The van der Waals surface area contributed by atoms with Crippen LogP contribution in [0.15, 0.2) is 0 Å². The number of hydrogen-bond donors (Lipinski definition) is 0. The van der Waals surface area contributed by atoms with Gasteiger partial charge in [0.25, 0.3) is 0 Å². The summed E-state index contributed by atoms with van der Waals surface area (Å²) < 4.78 is 0. The number of carbonyl (C=O) groups is 1. The summed E-state index contributed by atoms with van der Waals surface area (Å²) in [6.45, 7) is 9.64. The SMILES string of the molecule is C[C@@H]1CCC(=O)[C@@H]2CC[C@H]3[C@@H](C3(C)C)[C@@]12C. The highest BCUT2D eigenvalue weighted by Gasteiger charge is 2.70. The molecule has 0 unspecified atom stereocenters. The number of hydrogen-bond acceptors (Lipinski definition) is 1. The third kappa shape index (κ3) is 1.05. The fourth-order valence-corrected chi connectivity index (χ4v) is 5.39. The molecule has 90 valence electrons. The highest BCUT2D eigenvalue weighted by atomic mass is 16.1. The van der Waals surface area contributed by atoms with Crippen LogP contribution in [0.1, 0.15) is 53.4 Å². The van der Waals surface area contributed by atoms with E-state index in [9.17, 15) is 4.79 Å². The maximum absolute atomic E-state index is 12.2. The van der Waals surface area contributed by atoms with Gasteiger partial charge in [0.05, 0.1) is 0 Å². The Bertz CT molecular complexity index is 343. The van der Waals surface area contributed by atoms with E-state index in [0.29, 0.717) is 22.5 Å². The van der Waals surface area contributed by atoms with Crippen LogP contribution in [-0.2, 0) is 4.79 Å². The van der Waals surface area contributed by atoms with E-state index >= 15 is 0 Å². The molecule has 1 nitrogen and oxygen atoms in total. The highest BCUT2D eigenvalue weighted by Crippen LogP contribution is 2.75. The molecule has 0 radical (unpaired) electrons. The number of carbonyl (C=O) groups excluding carboxylic acids is 1. The third-order valence-electron chi connectivity index (χ3n) is 6.51. The van der Waals surface area contributed by atoms with Gasteiger partial charge in [0.15, 0.2) is 0 Å². The maximum atomic E-state index is 12.2. The van der Waals surface area contributed by atoms with Gasteiger partial charge in [0.1, 0.15) is 5.78 Å². The van der Waals surface area contributed by atoms with Gasteiger partial charge in [-0.3, -0.25) is 4.79 Å². The van der Waals surface area contributed by atoms with Gasteiger partial charge < -0.3 is 0 Å². The van der Waals surface area contributed by atoms with Crippen molar-refractivity contribution in [2.45, 2.75) is 53.4 Å². The van der Waals surface area contributed by atoms with E-state index in [1.807, 2.05) is 0 Å². The van der Waals surface area contributed by atoms with Crippen LogP contribution in [0.2, 0.25) is 0 Å². The van der Waals surface area contributed by atoms with Crippen LogP contribution in [0, 0.1) is 34.5 Å². The van der Waals surface area contributed by atoms with Gasteiger partial charge in [-0.05, 0) is 47.8 Å². The van der Waals surface area contributed by atoms with Crippen LogP contribution < -0.4 is 0 Å². The normalized spacial score (nSPS) is 54.1. The van der Waals surface area contributed by atoms with Crippen molar-refractivity contribution in [3.05, 3.63) is 0 Å². The monoisotopic (exact) mass is 220 g/mol. The molecule has 0 heterocycles. The lowest BCUT2D eigenvalue weighted by Gasteiger charge is -2.49. The molecule has 3 saturated carbocycles. The Balaban J connectivity index is 2.00. The summed E-state index contributed by atoms with van der Waals surface area (Å²) in [5.74, 6) is 3.42. The van der Waals surface area contributed by atoms with Gasteiger partial charge in [0, 0.05) is 12.3 Å². The van der Waals surface area contributed by atoms with Crippen molar-refractivity contribution in [2.24, 2.45) is 34.5 Å². The van der Waals surface area contributed by atoms with Crippen LogP contribution in [0.25, 0.3) is 0 Å². The molecule has 0 bridgehead atoms. The fourth-order valence-electron chi connectivity index (χ4n) is 5.39. The van der Waals surface area contributed by atoms with E-state index in [4.69, 9.17) is 0 Å². The summed E-state index contributed by atoms with van der Waals surface area (Å²) in [6, 6.07) is 0. The van der Waals surface area contributed by atoms with Gasteiger partial charge >= 0.3 is 0 Å². The summed E-state index contributed by atoms with van der Waals surface area (Å²) in [5.41, 5.74) is 0.830. The zero-order chi connectivity index (χ0) is 11.7. The summed E-state index contributed by atoms with van der Waals surface area (Å²) in [4.78, 5) is 12.2. The van der Waals surface area contributed by atoms with Crippen molar-refractivity contribution >= 4 is 5.78 Å². The minimum atomic E-state index is 0.321. The smallest absolute Gasteiger partial charge is 0.136 e. The molecule has 0 aromatic rings. The van der Waals surface area contributed by atoms with Gasteiger partial charge in [-0.25, -0.2) is 0 Å². The summed E-state index contributed by atoms with van der Waals surface area (Å²) in [6.07, 6.45) is 4.45. The minimum Gasteiger partial charge on any atom is -0.299 e. The predicted molar refractivity (Wildman–Crippen MR) is 65.0 cm³/mol. The first-order valence-corrected chi connectivity index (χ1v) is 6.93. The zero-order valence-corrected chi connectivity index (χ0v) is 11.0. The highest BCUT2D eigenvalue weighted by molar-refractivity contribution is 5.83. The Hall–Kier alpha value is -0.330. The Labute approximate surface area is 99.0 Å². The lowest BCUT2D eigenvalue weighted by atomic mass is 9.54. The molecule has 1 heteroatoms. The molecule has 3 fully saturated rings. The first-order valence-electron chi connectivity index (χ1n) is 6.93. The first-order chi connectivity index (χ1) is 7.40. The van der Waals surface area contributed by atoms with Crippen molar-refractivity contribution in [1.29, 1.82) is 0 Å². The topological polar surface area (TPSA) is 17.1 Å². The van der Waals surface area contributed by atoms with Crippen LogP contribution in [0.4, 0.5) is 0 Å². The molecule has 0 spiro atoms. The van der Waals surface area contributed by atoms with Crippen LogP contribution in [-0.4, -0.2) is 5.78 Å². The van der Waals surface area contributed by atoms with Crippen molar-refractivity contribution < 1.29 is 4.79 Å². The molecular formula is C15H24O.